The molecule has 2 aliphatic rings. The lowest BCUT2D eigenvalue weighted by molar-refractivity contribution is 0.405. The van der Waals surface area contributed by atoms with Crippen molar-refractivity contribution in [3.05, 3.63) is 34.9 Å². The first-order valence-corrected chi connectivity index (χ1v) is 9.00. The Morgan fingerprint density at radius 1 is 1.30 bits per heavy atom. The van der Waals surface area contributed by atoms with Crippen LogP contribution < -0.4 is 4.90 Å². The third kappa shape index (κ3) is 2.95. The van der Waals surface area contributed by atoms with Crippen molar-refractivity contribution in [2.45, 2.75) is 38.5 Å². The van der Waals surface area contributed by atoms with Gasteiger partial charge in [-0.05, 0) is 48.4 Å². The molecule has 1 aliphatic heterocycles. The highest BCUT2D eigenvalue weighted by Gasteiger charge is 2.18. The molecule has 0 amide bonds. The lowest BCUT2D eigenvalue weighted by Crippen LogP contribution is -2.12. The molecule has 0 aromatic heterocycles. The Bertz CT molecular complexity index is 500. The maximum Gasteiger partial charge on any atom is 0.0397 e. The maximum atomic E-state index is 3.70. The Morgan fingerprint density at radius 2 is 2.10 bits per heavy atom. The van der Waals surface area contributed by atoms with Gasteiger partial charge in [0, 0.05) is 24.6 Å². The van der Waals surface area contributed by atoms with Crippen LogP contribution in [0.5, 0.6) is 0 Å². The van der Waals surface area contributed by atoms with E-state index in [1.807, 2.05) is 0 Å². The summed E-state index contributed by atoms with van der Waals surface area (Å²) in [6, 6.07) is 6.97. The number of benzene rings is 1. The molecule has 1 aromatic rings. The van der Waals surface area contributed by atoms with E-state index in [9.17, 15) is 0 Å². The van der Waals surface area contributed by atoms with E-state index in [-0.39, 0.29) is 0 Å². The average Bonchev–Trinajstić information content (AvgIpc) is 2.86. The number of rotatable bonds is 3. The largest absolute Gasteiger partial charge is 0.374 e. The molecule has 0 atom stereocenters. The van der Waals surface area contributed by atoms with Crippen molar-refractivity contribution in [2.24, 2.45) is 5.92 Å². The van der Waals surface area contributed by atoms with Crippen molar-refractivity contribution >= 4 is 27.7 Å². The Morgan fingerprint density at radius 3 is 2.85 bits per heavy atom. The Kier molecular flexibility index (Phi) is 4.50. The predicted molar refractivity (Wildman–Crippen MR) is 91.8 cm³/mol. The van der Waals surface area contributed by atoms with Gasteiger partial charge < -0.3 is 4.90 Å². The van der Waals surface area contributed by atoms with Crippen LogP contribution in [0.25, 0.3) is 6.08 Å². The average molecular weight is 334 g/mol. The van der Waals surface area contributed by atoms with Crippen molar-refractivity contribution < 1.29 is 0 Å². The van der Waals surface area contributed by atoms with Gasteiger partial charge >= 0.3 is 0 Å². The highest BCUT2D eigenvalue weighted by molar-refractivity contribution is 9.09. The van der Waals surface area contributed by atoms with Gasteiger partial charge in [-0.2, -0.15) is 0 Å². The molecule has 1 nitrogen and oxygen atoms in total. The van der Waals surface area contributed by atoms with Crippen LogP contribution in [0.4, 0.5) is 5.69 Å². The summed E-state index contributed by atoms with van der Waals surface area (Å²) in [6.07, 6.45) is 10.6. The van der Waals surface area contributed by atoms with Crippen molar-refractivity contribution in [2.75, 3.05) is 23.8 Å². The zero-order chi connectivity index (χ0) is 13.9. The van der Waals surface area contributed by atoms with Gasteiger partial charge in [-0.1, -0.05) is 52.9 Å². The molecule has 1 saturated carbocycles. The van der Waals surface area contributed by atoms with Gasteiger partial charge in [0.05, 0.1) is 0 Å². The van der Waals surface area contributed by atoms with Crippen LogP contribution in [0.1, 0.15) is 43.2 Å². The summed E-state index contributed by atoms with van der Waals surface area (Å²) < 4.78 is 0. The number of halogens is 1. The molecule has 0 bridgehead atoms. The van der Waals surface area contributed by atoms with Gasteiger partial charge in [0.1, 0.15) is 0 Å². The number of nitrogens with zero attached hydrogens (tertiary/aromatic N) is 1. The van der Waals surface area contributed by atoms with Crippen molar-refractivity contribution in [1.82, 2.24) is 0 Å². The number of allylic oxidation sites excluding steroid dienone is 1. The van der Waals surface area contributed by atoms with E-state index < -0.39 is 0 Å². The van der Waals surface area contributed by atoms with Crippen LogP contribution in [0, 0.1) is 5.92 Å². The van der Waals surface area contributed by atoms with Gasteiger partial charge in [0.2, 0.25) is 0 Å². The first kappa shape index (κ1) is 14.2. The van der Waals surface area contributed by atoms with Crippen LogP contribution >= 0.6 is 15.9 Å². The molecule has 0 spiro atoms. The number of alkyl halides is 1. The fraction of sp³-hybridized carbons (Fsp3) is 0.556. The summed E-state index contributed by atoms with van der Waals surface area (Å²) in [5.74, 6) is 0.805. The van der Waals surface area contributed by atoms with Gasteiger partial charge in [0.15, 0.2) is 0 Å². The Balaban J connectivity index is 1.82. The number of hydrogen-bond acceptors (Lipinski definition) is 1. The second kappa shape index (κ2) is 6.34. The minimum absolute atomic E-state index is 0.805. The molecule has 3 rings (SSSR count). The van der Waals surface area contributed by atoms with E-state index in [1.54, 1.807) is 5.57 Å². The standard InChI is InChI=1S/C18H24BrN/c1-20-10-9-16-11-14(7-8-18(16)20)12-17(13-19)15-5-3-2-4-6-15/h7-8,11-12,15H,2-6,9-10,13H2,1H3/b17-12-. The molecular formula is C18H24BrN. The van der Waals surface area contributed by atoms with E-state index in [0.717, 1.165) is 17.8 Å². The van der Waals surface area contributed by atoms with Crippen LogP contribution in [-0.2, 0) is 6.42 Å². The van der Waals surface area contributed by atoms with Crippen LogP contribution in [-0.4, -0.2) is 18.9 Å². The quantitative estimate of drug-likeness (QED) is 0.700. The highest BCUT2D eigenvalue weighted by Crippen LogP contribution is 2.33. The van der Waals surface area contributed by atoms with E-state index in [2.05, 4.69) is 52.2 Å². The minimum Gasteiger partial charge on any atom is -0.374 e. The van der Waals surface area contributed by atoms with Crippen molar-refractivity contribution in [3.8, 4) is 0 Å². The minimum atomic E-state index is 0.805. The highest BCUT2D eigenvalue weighted by atomic mass is 79.9. The summed E-state index contributed by atoms with van der Waals surface area (Å²) in [6.45, 7) is 1.16. The first-order valence-electron chi connectivity index (χ1n) is 7.88. The molecule has 0 N–H and O–H groups in total. The van der Waals surface area contributed by atoms with Gasteiger partial charge in [0.25, 0.3) is 0 Å². The van der Waals surface area contributed by atoms with Crippen molar-refractivity contribution in [1.29, 1.82) is 0 Å². The SMILES string of the molecule is CN1CCc2cc(/C=C(/CBr)C3CCCCC3)ccc21. The van der Waals surface area contributed by atoms with E-state index in [4.69, 9.17) is 0 Å². The molecule has 0 radical (unpaired) electrons. The first-order chi connectivity index (χ1) is 9.78. The molecule has 0 saturated heterocycles. The predicted octanol–water partition coefficient (Wildman–Crippen LogP) is 5.04. The van der Waals surface area contributed by atoms with E-state index >= 15 is 0 Å². The zero-order valence-corrected chi connectivity index (χ0v) is 14.0. The van der Waals surface area contributed by atoms with E-state index in [0.29, 0.717) is 0 Å². The van der Waals surface area contributed by atoms with Crippen LogP contribution in [0.2, 0.25) is 0 Å². The maximum absolute atomic E-state index is 3.70. The number of hydrogen-bond donors (Lipinski definition) is 0. The molecular weight excluding hydrogens is 310 g/mol. The lowest BCUT2D eigenvalue weighted by Gasteiger charge is -2.23. The molecule has 108 valence electrons. The fourth-order valence-corrected chi connectivity index (χ4v) is 4.25. The number of likely N-dealkylation sites (N-methyl/N-ethyl adjacent to an activating group) is 1. The van der Waals surface area contributed by atoms with Crippen LogP contribution in [0.15, 0.2) is 23.8 Å². The molecule has 1 aromatic carbocycles. The summed E-state index contributed by atoms with van der Waals surface area (Å²) >= 11 is 3.70. The van der Waals surface area contributed by atoms with Crippen LogP contribution in [0.3, 0.4) is 0 Å². The third-order valence-electron chi connectivity index (χ3n) is 4.87. The summed E-state index contributed by atoms with van der Waals surface area (Å²) in [4.78, 5) is 2.36. The monoisotopic (exact) mass is 333 g/mol. The molecule has 2 heteroatoms. The number of anilines is 1. The fourth-order valence-electron chi connectivity index (χ4n) is 3.63. The molecule has 0 unspecified atom stereocenters. The second-order valence-corrected chi connectivity index (χ2v) is 6.81. The molecule has 1 aliphatic carbocycles. The summed E-state index contributed by atoms with van der Waals surface area (Å²) in [7, 11) is 2.19. The molecule has 1 fully saturated rings. The lowest BCUT2D eigenvalue weighted by atomic mass is 9.83. The topological polar surface area (TPSA) is 3.24 Å². The smallest absolute Gasteiger partial charge is 0.0397 e. The van der Waals surface area contributed by atoms with Gasteiger partial charge in [-0.25, -0.2) is 0 Å². The molecule has 1 heterocycles. The Labute approximate surface area is 131 Å². The second-order valence-electron chi connectivity index (χ2n) is 6.25. The zero-order valence-electron chi connectivity index (χ0n) is 12.4. The van der Waals surface area contributed by atoms with Gasteiger partial charge in [-0.15, -0.1) is 0 Å². The third-order valence-corrected chi connectivity index (χ3v) is 5.51. The van der Waals surface area contributed by atoms with E-state index in [1.165, 1.54) is 55.3 Å². The Hall–Kier alpha value is -0.760. The molecule has 20 heavy (non-hydrogen) atoms. The number of fused-ring (bicyclic) bond motifs is 1. The summed E-state index contributed by atoms with van der Waals surface area (Å²) in [5, 5.41) is 1.02. The van der Waals surface area contributed by atoms with Crippen molar-refractivity contribution in [3.63, 3.8) is 0 Å². The summed E-state index contributed by atoms with van der Waals surface area (Å²) in [5.41, 5.74) is 5.91. The van der Waals surface area contributed by atoms with Gasteiger partial charge in [-0.3, -0.25) is 0 Å². The normalized spacial score (nSPS) is 20.3.